The molecule has 17 heavy (non-hydrogen) atoms. The van der Waals surface area contributed by atoms with E-state index < -0.39 is 10.0 Å². The van der Waals surface area contributed by atoms with Gasteiger partial charge >= 0.3 is 0 Å². The molecule has 0 spiro atoms. The van der Waals surface area contributed by atoms with Crippen molar-refractivity contribution in [3.05, 3.63) is 29.3 Å². The van der Waals surface area contributed by atoms with E-state index in [1.807, 2.05) is 13.8 Å². The Morgan fingerprint density at radius 2 is 1.94 bits per heavy atom. The van der Waals surface area contributed by atoms with Gasteiger partial charge < -0.3 is 5.11 Å². The molecular weight excluding hydrogens is 238 g/mol. The summed E-state index contributed by atoms with van der Waals surface area (Å²) in [6, 6.07) is 4.85. The summed E-state index contributed by atoms with van der Waals surface area (Å²) in [6.07, 6.45) is 0. The molecule has 0 saturated heterocycles. The van der Waals surface area contributed by atoms with E-state index in [9.17, 15) is 8.42 Å². The van der Waals surface area contributed by atoms with Crippen LogP contribution in [0.3, 0.4) is 0 Å². The number of hydrogen-bond donors (Lipinski definition) is 1. The van der Waals surface area contributed by atoms with Crippen molar-refractivity contribution < 1.29 is 13.5 Å². The highest BCUT2D eigenvalue weighted by Gasteiger charge is 2.25. The number of sulfonamides is 1. The normalized spacial score (nSPS) is 12.4. The lowest BCUT2D eigenvalue weighted by Crippen LogP contribution is -2.33. The van der Waals surface area contributed by atoms with Crippen molar-refractivity contribution in [3.8, 4) is 0 Å². The first-order valence-electron chi connectivity index (χ1n) is 5.49. The second kappa shape index (κ2) is 5.16. The number of benzene rings is 1. The Kier molecular flexibility index (Phi) is 4.30. The minimum absolute atomic E-state index is 0.0998. The first kappa shape index (κ1) is 14.2. The molecule has 0 aliphatic carbocycles. The fourth-order valence-electron chi connectivity index (χ4n) is 1.54. The van der Waals surface area contributed by atoms with Crippen molar-refractivity contribution in [2.45, 2.75) is 38.3 Å². The lowest BCUT2D eigenvalue weighted by Gasteiger charge is -2.22. The molecule has 5 heteroatoms. The van der Waals surface area contributed by atoms with Crippen molar-refractivity contribution in [1.29, 1.82) is 0 Å². The summed E-state index contributed by atoms with van der Waals surface area (Å²) in [7, 11) is -1.92. The molecule has 1 rings (SSSR count). The molecule has 0 radical (unpaired) electrons. The molecule has 0 amide bonds. The van der Waals surface area contributed by atoms with Gasteiger partial charge in [-0.05, 0) is 38.0 Å². The maximum atomic E-state index is 12.3. The van der Waals surface area contributed by atoms with E-state index in [-0.39, 0.29) is 17.5 Å². The third kappa shape index (κ3) is 2.68. The molecule has 0 aromatic heterocycles. The lowest BCUT2D eigenvalue weighted by molar-refractivity contribution is 0.280. The Morgan fingerprint density at radius 1 is 1.35 bits per heavy atom. The topological polar surface area (TPSA) is 57.6 Å². The van der Waals surface area contributed by atoms with Gasteiger partial charge in [0.05, 0.1) is 11.5 Å². The monoisotopic (exact) mass is 257 g/mol. The zero-order valence-electron chi connectivity index (χ0n) is 10.6. The van der Waals surface area contributed by atoms with Gasteiger partial charge in [0.25, 0.3) is 0 Å². The van der Waals surface area contributed by atoms with Crippen LogP contribution in [0.1, 0.15) is 25.0 Å². The number of hydrogen-bond acceptors (Lipinski definition) is 3. The van der Waals surface area contributed by atoms with Crippen LogP contribution in [0.2, 0.25) is 0 Å². The largest absolute Gasteiger partial charge is 0.392 e. The second-order valence-electron chi connectivity index (χ2n) is 4.31. The van der Waals surface area contributed by atoms with Crippen LogP contribution < -0.4 is 0 Å². The van der Waals surface area contributed by atoms with Gasteiger partial charge in [-0.15, -0.1) is 0 Å². The van der Waals surface area contributed by atoms with Crippen LogP contribution in [0.25, 0.3) is 0 Å². The standard InChI is InChI=1S/C12H19NO3S/c1-9(2)13(4)17(15,16)12-7-5-6-11(8-14)10(12)3/h5-7,9,14H,8H2,1-4H3. The summed E-state index contributed by atoms with van der Waals surface area (Å²) in [5.41, 5.74) is 1.26. The summed E-state index contributed by atoms with van der Waals surface area (Å²) < 4.78 is 25.9. The Hall–Kier alpha value is -0.910. The SMILES string of the molecule is Cc1c(CO)cccc1S(=O)(=O)N(C)C(C)C. The highest BCUT2D eigenvalue weighted by molar-refractivity contribution is 7.89. The van der Waals surface area contributed by atoms with Crippen LogP contribution in [0.15, 0.2) is 23.1 Å². The lowest BCUT2D eigenvalue weighted by atomic mass is 10.1. The third-order valence-electron chi connectivity index (χ3n) is 2.95. The molecular formula is C12H19NO3S. The third-order valence-corrected chi connectivity index (χ3v) is 5.13. The van der Waals surface area contributed by atoms with Crippen molar-refractivity contribution >= 4 is 10.0 Å². The minimum Gasteiger partial charge on any atom is -0.392 e. The highest BCUT2D eigenvalue weighted by Crippen LogP contribution is 2.22. The van der Waals surface area contributed by atoms with E-state index in [4.69, 9.17) is 5.11 Å². The fraction of sp³-hybridized carbons (Fsp3) is 0.500. The van der Waals surface area contributed by atoms with Gasteiger partial charge in [-0.3, -0.25) is 0 Å². The average molecular weight is 257 g/mol. The Balaban J connectivity index is 3.34. The summed E-state index contributed by atoms with van der Waals surface area (Å²) in [5.74, 6) is 0. The Morgan fingerprint density at radius 3 is 2.41 bits per heavy atom. The Bertz CT molecular complexity index is 494. The fourth-order valence-corrected chi connectivity index (χ4v) is 3.18. The van der Waals surface area contributed by atoms with Crippen LogP contribution >= 0.6 is 0 Å². The molecule has 0 bridgehead atoms. The van der Waals surface area contributed by atoms with Gasteiger partial charge in [0.1, 0.15) is 0 Å². The van der Waals surface area contributed by atoms with Gasteiger partial charge in [-0.1, -0.05) is 12.1 Å². The second-order valence-corrected chi connectivity index (χ2v) is 6.28. The van der Waals surface area contributed by atoms with Crippen LogP contribution in [-0.2, 0) is 16.6 Å². The van der Waals surface area contributed by atoms with Crippen LogP contribution in [-0.4, -0.2) is 30.9 Å². The Labute approximate surface area is 103 Å². The first-order valence-corrected chi connectivity index (χ1v) is 6.93. The summed E-state index contributed by atoms with van der Waals surface area (Å²) in [6.45, 7) is 5.21. The minimum atomic E-state index is -3.48. The summed E-state index contributed by atoms with van der Waals surface area (Å²) >= 11 is 0. The number of nitrogens with zero attached hydrogens (tertiary/aromatic N) is 1. The highest BCUT2D eigenvalue weighted by atomic mass is 32.2. The zero-order valence-corrected chi connectivity index (χ0v) is 11.5. The number of rotatable bonds is 4. The van der Waals surface area contributed by atoms with Gasteiger partial charge in [0.15, 0.2) is 0 Å². The first-order chi connectivity index (χ1) is 7.82. The van der Waals surface area contributed by atoms with Crippen molar-refractivity contribution in [1.82, 2.24) is 4.31 Å². The number of aliphatic hydroxyl groups excluding tert-OH is 1. The molecule has 1 aromatic rings. The quantitative estimate of drug-likeness (QED) is 0.889. The van der Waals surface area contributed by atoms with Crippen molar-refractivity contribution in [3.63, 3.8) is 0 Å². The molecule has 0 heterocycles. The summed E-state index contributed by atoms with van der Waals surface area (Å²) in [5, 5.41) is 9.15. The predicted molar refractivity (Wildman–Crippen MR) is 67.2 cm³/mol. The molecule has 0 fully saturated rings. The smallest absolute Gasteiger partial charge is 0.243 e. The van der Waals surface area contributed by atoms with Gasteiger partial charge in [-0.25, -0.2) is 8.42 Å². The van der Waals surface area contributed by atoms with Crippen LogP contribution in [0.4, 0.5) is 0 Å². The molecule has 4 nitrogen and oxygen atoms in total. The van der Waals surface area contributed by atoms with Crippen molar-refractivity contribution in [2.75, 3.05) is 7.05 Å². The van der Waals surface area contributed by atoms with Gasteiger partial charge in [-0.2, -0.15) is 4.31 Å². The number of aliphatic hydroxyl groups is 1. The maximum Gasteiger partial charge on any atom is 0.243 e. The van der Waals surface area contributed by atoms with Gasteiger partial charge in [0.2, 0.25) is 10.0 Å². The molecule has 0 saturated carbocycles. The van der Waals surface area contributed by atoms with E-state index in [0.717, 1.165) is 0 Å². The molecule has 96 valence electrons. The van der Waals surface area contributed by atoms with E-state index in [1.54, 1.807) is 32.2 Å². The van der Waals surface area contributed by atoms with E-state index in [1.165, 1.54) is 4.31 Å². The molecule has 0 atom stereocenters. The molecule has 1 N–H and O–H groups in total. The summed E-state index contributed by atoms with van der Waals surface area (Å²) in [4.78, 5) is 0.264. The van der Waals surface area contributed by atoms with E-state index >= 15 is 0 Å². The van der Waals surface area contributed by atoms with E-state index in [2.05, 4.69) is 0 Å². The zero-order chi connectivity index (χ0) is 13.2. The average Bonchev–Trinajstić information content (AvgIpc) is 2.27. The van der Waals surface area contributed by atoms with Gasteiger partial charge in [0, 0.05) is 13.1 Å². The molecule has 0 aliphatic rings. The van der Waals surface area contributed by atoms with Crippen molar-refractivity contribution in [2.24, 2.45) is 0 Å². The molecule has 1 aromatic carbocycles. The molecule has 0 aliphatic heterocycles. The predicted octanol–water partition coefficient (Wildman–Crippen LogP) is 1.52. The molecule has 0 unspecified atom stereocenters. The van der Waals surface area contributed by atoms with Crippen LogP contribution in [0, 0.1) is 6.92 Å². The van der Waals surface area contributed by atoms with Crippen LogP contribution in [0.5, 0.6) is 0 Å². The maximum absolute atomic E-state index is 12.3. The van der Waals surface area contributed by atoms with E-state index in [0.29, 0.717) is 11.1 Å².